The van der Waals surface area contributed by atoms with Gasteiger partial charge in [0, 0.05) is 31.7 Å². The Labute approximate surface area is 329 Å². The number of aryl methyl sites for hydroxylation is 2. The second-order valence-corrected chi connectivity index (χ2v) is 15.6. The molecular formula is C43H47F2N7O5. The number of benzene rings is 3. The minimum atomic E-state index is -0.663. The molecule has 4 heterocycles. The highest BCUT2D eigenvalue weighted by Gasteiger charge is 2.30. The number of rotatable bonds is 11. The first-order valence-corrected chi connectivity index (χ1v) is 19.7. The molecule has 3 aliphatic rings. The smallest absolute Gasteiger partial charge is 0.261 e. The molecule has 57 heavy (non-hydrogen) atoms. The van der Waals surface area contributed by atoms with Gasteiger partial charge in [0.2, 0.25) is 17.7 Å². The third-order valence-electron chi connectivity index (χ3n) is 11.9. The third-order valence-corrected chi connectivity index (χ3v) is 11.9. The number of halogens is 2. The minimum absolute atomic E-state index is 0.0413. The van der Waals surface area contributed by atoms with E-state index in [1.807, 2.05) is 11.0 Å². The Kier molecular flexibility index (Phi) is 11.9. The van der Waals surface area contributed by atoms with Gasteiger partial charge in [0.1, 0.15) is 29.2 Å². The van der Waals surface area contributed by atoms with Crippen molar-refractivity contribution in [3.63, 3.8) is 0 Å². The molecule has 2 N–H and O–H groups in total. The Morgan fingerprint density at radius 3 is 2.49 bits per heavy atom. The van der Waals surface area contributed by atoms with E-state index in [1.54, 1.807) is 42.1 Å². The van der Waals surface area contributed by atoms with Crippen molar-refractivity contribution in [2.24, 2.45) is 11.8 Å². The van der Waals surface area contributed by atoms with Gasteiger partial charge in [0.05, 0.1) is 23.8 Å². The zero-order chi connectivity index (χ0) is 40.2. The first-order chi connectivity index (χ1) is 27.5. The van der Waals surface area contributed by atoms with E-state index < -0.39 is 17.8 Å². The molecule has 0 radical (unpaired) electrons. The number of hydrogen-bond acceptors (Lipinski definition) is 9. The van der Waals surface area contributed by atoms with Crippen LogP contribution in [0.25, 0.3) is 10.9 Å². The highest BCUT2D eigenvalue weighted by atomic mass is 19.1. The summed E-state index contributed by atoms with van der Waals surface area (Å²) in [6.07, 6.45) is 6.17. The summed E-state index contributed by atoms with van der Waals surface area (Å²) in [6.45, 7) is 7.47. The third kappa shape index (κ3) is 8.99. The van der Waals surface area contributed by atoms with Gasteiger partial charge in [-0.2, -0.15) is 5.26 Å². The predicted octanol–water partition coefficient (Wildman–Crippen LogP) is 6.01. The van der Waals surface area contributed by atoms with E-state index >= 15 is 4.39 Å². The van der Waals surface area contributed by atoms with E-state index in [2.05, 4.69) is 27.4 Å². The lowest BCUT2D eigenvalue weighted by atomic mass is 9.83. The SMILES string of the molecule is Cc1ccc(F)c(Oc2ccc3ncn(CCC(C)C4CCN(C(=O)CN5CCC(c6ccc(NC7CCC(=O)NC7=O)cc6F)CC5)CC4)c(=O)c3c2)c1C#N. The zero-order valence-corrected chi connectivity index (χ0v) is 32.2. The maximum absolute atomic E-state index is 15.2. The molecule has 2 unspecified atom stereocenters. The lowest BCUT2D eigenvalue weighted by molar-refractivity contribution is -0.135. The topological polar surface area (TPSA) is 150 Å². The molecule has 2 atom stereocenters. The predicted molar refractivity (Wildman–Crippen MR) is 210 cm³/mol. The van der Waals surface area contributed by atoms with Crippen LogP contribution in [0.2, 0.25) is 0 Å². The number of amides is 3. The van der Waals surface area contributed by atoms with Crippen molar-refractivity contribution in [2.75, 3.05) is 38.0 Å². The number of piperidine rings is 3. The summed E-state index contributed by atoms with van der Waals surface area (Å²) in [5.74, 6) is -0.747. The number of nitrogens with zero attached hydrogens (tertiary/aromatic N) is 5. The van der Waals surface area contributed by atoms with Crippen molar-refractivity contribution in [1.82, 2.24) is 24.7 Å². The zero-order valence-electron chi connectivity index (χ0n) is 32.2. The summed E-state index contributed by atoms with van der Waals surface area (Å²) < 4.78 is 37.2. The molecule has 298 valence electrons. The molecule has 3 aliphatic heterocycles. The van der Waals surface area contributed by atoms with E-state index in [0.29, 0.717) is 85.2 Å². The lowest BCUT2D eigenvalue weighted by Gasteiger charge is -2.37. The van der Waals surface area contributed by atoms with Crippen LogP contribution in [-0.4, -0.2) is 75.8 Å². The quantitative estimate of drug-likeness (QED) is 0.175. The van der Waals surface area contributed by atoms with Gasteiger partial charge >= 0.3 is 0 Å². The van der Waals surface area contributed by atoms with Gasteiger partial charge in [-0.15, -0.1) is 0 Å². The van der Waals surface area contributed by atoms with Crippen molar-refractivity contribution >= 4 is 34.3 Å². The molecule has 7 rings (SSSR count). The summed E-state index contributed by atoms with van der Waals surface area (Å²) in [6, 6.07) is 13.9. The fourth-order valence-electron chi connectivity index (χ4n) is 8.34. The van der Waals surface area contributed by atoms with E-state index in [9.17, 15) is 28.8 Å². The van der Waals surface area contributed by atoms with Crippen molar-refractivity contribution in [3.8, 4) is 17.6 Å². The van der Waals surface area contributed by atoms with E-state index in [0.717, 1.165) is 32.1 Å². The number of nitriles is 1. The number of nitrogens with one attached hydrogen (secondary N) is 2. The van der Waals surface area contributed by atoms with Crippen LogP contribution in [0.4, 0.5) is 14.5 Å². The van der Waals surface area contributed by atoms with Crippen LogP contribution in [0.15, 0.2) is 59.7 Å². The molecule has 0 saturated carbocycles. The van der Waals surface area contributed by atoms with Crippen LogP contribution in [0.1, 0.15) is 74.5 Å². The Morgan fingerprint density at radius 2 is 1.77 bits per heavy atom. The number of aromatic nitrogens is 2. The Bertz CT molecular complexity index is 2270. The molecule has 1 aromatic heterocycles. The van der Waals surface area contributed by atoms with Crippen LogP contribution in [0, 0.1) is 41.7 Å². The molecule has 14 heteroatoms. The van der Waals surface area contributed by atoms with Gasteiger partial charge in [-0.3, -0.25) is 34.0 Å². The van der Waals surface area contributed by atoms with Crippen molar-refractivity contribution < 1.29 is 27.9 Å². The summed E-state index contributed by atoms with van der Waals surface area (Å²) in [5, 5.41) is 15.2. The number of anilines is 1. The lowest BCUT2D eigenvalue weighted by Crippen LogP contribution is -2.47. The molecule has 3 aromatic carbocycles. The maximum Gasteiger partial charge on any atom is 0.261 e. The van der Waals surface area contributed by atoms with Crippen LogP contribution < -0.4 is 20.9 Å². The summed E-state index contributed by atoms with van der Waals surface area (Å²) in [4.78, 5) is 58.9. The molecule has 3 saturated heterocycles. The molecule has 4 aromatic rings. The van der Waals surface area contributed by atoms with E-state index in [4.69, 9.17) is 4.74 Å². The first kappa shape index (κ1) is 39.6. The number of fused-ring (bicyclic) bond motifs is 1. The molecule has 3 fully saturated rings. The fourth-order valence-corrected chi connectivity index (χ4v) is 8.34. The van der Waals surface area contributed by atoms with Crippen molar-refractivity contribution in [2.45, 2.75) is 77.3 Å². The van der Waals surface area contributed by atoms with Crippen molar-refractivity contribution in [1.29, 1.82) is 5.26 Å². The Balaban J connectivity index is 0.859. The standard InChI is InChI=1S/C43H47F2N7O5/c1-26(11-18-52-25-47-37-8-5-31(22-33(37)43(52)56)57-41-34(23-46)27(2)3-7-35(41)44)28-14-19-51(20-15-28)40(54)24-50-16-12-29(13-17-50)32-6-4-30(21-36(32)45)48-38-9-10-39(53)49-42(38)55/h3-8,21-22,25-26,28-29,38,48H,9-20,24H2,1-2H3,(H,49,53,55). The van der Waals surface area contributed by atoms with Gasteiger partial charge < -0.3 is 15.0 Å². The molecule has 0 aliphatic carbocycles. The summed E-state index contributed by atoms with van der Waals surface area (Å²) >= 11 is 0. The molecule has 0 spiro atoms. The van der Waals surface area contributed by atoms with Gasteiger partial charge in [-0.1, -0.05) is 19.1 Å². The number of likely N-dealkylation sites (tertiary alicyclic amines) is 2. The normalized spacial score (nSPS) is 18.9. The Hall–Kier alpha value is -5.68. The highest BCUT2D eigenvalue weighted by molar-refractivity contribution is 6.01. The maximum atomic E-state index is 15.2. The number of imide groups is 1. The monoisotopic (exact) mass is 779 g/mol. The fraction of sp³-hybridized carbons (Fsp3) is 0.442. The average Bonchev–Trinajstić information content (AvgIpc) is 3.21. The Morgan fingerprint density at radius 1 is 1.00 bits per heavy atom. The van der Waals surface area contributed by atoms with Gasteiger partial charge in [-0.25, -0.2) is 13.8 Å². The van der Waals surface area contributed by atoms with Crippen LogP contribution in [-0.2, 0) is 20.9 Å². The first-order valence-electron chi connectivity index (χ1n) is 19.7. The number of carbonyl (C=O) groups excluding carboxylic acids is 3. The molecule has 12 nitrogen and oxygen atoms in total. The second-order valence-electron chi connectivity index (χ2n) is 15.6. The van der Waals surface area contributed by atoms with E-state index in [1.165, 1.54) is 24.3 Å². The van der Waals surface area contributed by atoms with Crippen LogP contribution in [0.5, 0.6) is 11.5 Å². The second kappa shape index (κ2) is 17.2. The van der Waals surface area contributed by atoms with Gasteiger partial charge in [-0.05, 0) is 124 Å². The van der Waals surface area contributed by atoms with Gasteiger partial charge in [0.15, 0.2) is 11.6 Å². The number of hydrogen-bond donors (Lipinski definition) is 2. The molecule has 0 bridgehead atoms. The number of ether oxygens (including phenoxy) is 1. The average molecular weight is 780 g/mol. The molecule has 3 amide bonds. The highest BCUT2D eigenvalue weighted by Crippen LogP contribution is 2.33. The molecular weight excluding hydrogens is 733 g/mol. The largest absolute Gasteiger partial charge is 0.453 e. The van der Waals surface area contributed by atoms with Gasteiger partial charge in [0.25, 0.3) is 5.56 Å². The minimum Gasteiger partial charge on any atom is -0.453 e. The van der Waals surface area contributed by atoms with Crippen LogP contribution in [0.3, 0.4) is 0 Å². The summed E-state index contributed by atoms with van der Waals surface area (Å²) in [5.41, 5.74) is 2.09. The van der Waals surface area contributed by atoms with Crippen LogP contribution >= 0.6 is 0 Å². The summed E-state index contributed by atoms with van der Waals surface area (Å²) in [7, 11) is 0. The van der Waals surface area contributed by atoms with E-state index in [-0.39, 0.29) is 52.6 Å². The van der Waals surface area contributed by atoms with Crippen molar-refractivity contribution in [3.05, 3.63) is 93.5 Å². The number of carbonyl (C=O) groups is 3.